The minimum Gasteiger partial charge on any atom is -0.376 e. The maximum absolute atomic E-state index is 6.04. The average molecular weight is 348 g/mol. The largest absolute Gasteiger partial charge is 0.376 e. The Balaban J connectivity index is 2.87. The summed E-state index contributed by atoms with van der Waals surface area (Å²) in [6.07, 6.45) is 1.22. The van der Waals surface area contributed by atoms with E-state index in [0.717, 1.165) is 19.6 Å². The first-order valence-electron chi connectivity index (χ1n) is 6.97. The zero-order chi connectivity index (χ0) is 14.5. The molecule has 0 aliphatic heterocycles. The van der Waals surface area contributed by atoms with Crippen LogP contribution in [0.2, 0.25) is 0 Å². The van der Waals surface area contributed by atoms with Crippen LogP contribution in [0.15, 0.2) is 15.9 Å². The topological polar surface area (TPSA) is 21.3 Å². The van der Waals surface area contributed by atoms with Crippen molar-refractivity contribution in [2.24, 2.45) is 5.41 Å². The van der Waals surface area contributed by atoms with Gasteiger partial charge in [0.15, 0.2) is 0 Å². The van der Waals surface area contributed by atoms with Gasteiger partial charge in [0.2, 0.25) is 0 Å². The number of likely N-dealkylation sites (N-methyl/N-ethyl adjacent to an activating group) is 1. The lowest BCUT2D eigenvalue weighted by molar-refractivity contribution is -0.0351. The van der Waals surface area contributed by atoms with Crippen LogP contribution in [0.3, 0.4) is 0 Å². The van der Waals surface area contributed by atoms with Gasteiger partial charge in [-0.3, -0.25) is 0 Å². The molecule has 19 heavy (non-hydrogen) atoms. The molecule has 2 nitrogen and oxygen atoms in total. The van der Waals surface area contributed by atoms with Gasteiger partial charge < -0.3 is 10.1 Å². The van der Waals surface area contributed by atoms with Crippen LogP contribution in [0.25, 0.3) is 0 Å². The van der Waals surface area contributed by atoms with Crippen molar-refractivity contribution >= 4 is 27.3 Å². The van der Waals surface area contributed by atoms with E-state index >= 15 is 0 Å². The first-order chi connectivity index (χ1) is 8.90. The maximum Gasteiger partial charge on any atom is 0.0779 e. The third-order valence-electron chi connectivity index (χ3n) is 3.13. The molecule has 0 aliphatic rings. The van der Waals surface area contributed by atoms with Crippen molar-refractivity contribution in [3.05, 3.63) is 20.8 Å². The summed E-state index contributed by atoms with van der Waals surface area (Å²) < 4.78 is 7.25. The summed E-state index contributed by atoms with van der Waals surface area (Å²) in [7, 11) is 0. The summed E-state index contributed by atoms with van der Waals surface area (Å²) >= 11 is 5.43. The molecule has 1 rings (SSSR count). The molecule has 1 N–H and O–H groups in total. The van der Waals surface area contributed by atoms with E-state index in [4.69, 9.17) is 4.74 Å². The van der Waals surface area contributed by atoms with Crippen molar-refractivity contribution in [1.29, 1.82) is 0 Å². The van der Waals surface area contributed by atoms with Gasteiger partial charge in [-0.05, 0) is 46.3 Å². The van der Waals surface area contributed by atoms with Crippen LogP contribution in [0, 0.1) is 5.41 Å². The third-order valence-corrected chi connectivity index (χ3v) is 5.08. The van der Waals surface area contributed by atoms with E-state index in [1.807, 2.05) is 11.3 Å². The van der Waals surface area contributed by atoms with Crippen LogP contribution in [-0.4, -0.2) is 25.3 Å². The number of hydrogen-bond acceptors (Lipinski definition) is 3. The molecule has 4 heteroatoms. The van der Waals surface area contributed by atoms with E-state index in [-0.39, 0.29) is 11.5 Å². The Morgan fingerprint density at radius 1 is 1.37 bits per heavy atom. The molecular weight excluding hydrogens is 322 g/mol. The monoisotopic (exact) mass is 347 g/mol. The number of ether oxygens (including phenoxy) is 1. The zero-order valence-corrected chi connectivity index (χ0v) is 15.0. The molecule has 0 fully saturated rings. The molecule has 2 atom stereocenters. The highest BCUT2D eigenvalue weighted by atomic mass is 79.9. The Labute approximate surface area is 130 Å². The minimum absolute atomic E-state index is 0.132. The Kier molecular flexibility index (Phi) is 7.01. The highest BCUT2D eigenvalue weighted by molar-refractivity contribution is 9.10. The maximum atomic E-state index is 6.04. The smallest absolute Gasteiger partial charge is 0.0779 e. The SMILES string of the molecule is CCNC(Cc1sccc1Br)C(OCC)C(C)(C)C. The van der Waals surface area contributed by atoms with Crippen LogP contribution in [-0.2, 0) is 11.2 Å². The van der Waals surface area contributed by atoms with Gasteiger partial charge in [-0.2, -0.15) is 0 Å². The van der Waals surface area contributed by atoms with Crippen molar-refractivity contribution in [3.63, 3.8) is 0 Å². The summed E-state index contributed by atoms with van der Waals surface area (Å²) in [5.41, 5.74) is 0.132. The Morgan fingerprint density at radius 3 is 2.47 bits per heavy atom. The van der Waals surface area contributed by atoms with E-state index in [0.29, 0.717) is 6.04 Å². The number of halogens is 1. The predicted octanol–water partition coefficient (Wildman–Crippen LogP) is 4.48. The highest BCUT2D eigenvalue weighted by Crippen LogP contribution is 2.30. The molecule has 1 aromatic heterocycles. The van der Waals surface area contributed by atoms with E-state index in [1.54, 1.807) is 0 Å². The normalized spacial score (nSPS) is 15.5. The molecule has 0 bridgehead atoms. The second-order valence-electron chi connectivity index (χ2n) is 5.80. The van der Waals surface area contributed by atoms with Gasteiger partial charge in [0.1, 0.15) is 0 Å². The van der Waals surface area contributed by atoms with Crippen LogP contribution < -0.4 is 5.32 Å². The van der Waals surface area contributed by atoms with Crippen molar-refractivity contribution < 1.29 is 4.74 Å². The van der Waals surface area contributed by atoms with E-state index in [1.165, 1.54) is 9.35 Å². The standard InChI is InChI=1S/C15H26BrNOS/c1-6-17-12(10-13-11(16)8-9-19-13)14(18-7-2)15(3,4)5/h8-9,12,14,17H,6-7,10H2,1-5H3. The van der Waals surface area contributed by atoms with Gasteiger partial charge in [0.05, 0.1) is 6.10 Å². The molecule has 1 heterocycles. The molecule has 0 spiro atoms. The lowest BCUT2D eigenvalue weighted by Gasteiger charge is -2.37. The molecule has 1 aromatic rings. The molecule has 110 valence electrons. The van der Waals surface area contributed by atoms with Gasteiger partial charge in [-0.15, -0.1) is 11.3 Å². The van der Waals surface area contributed by atoms with Crippen LogP contribution in [0.4, 0.5) is 0 Å². The molecule has 0 saturated carbocycles. The molecule has 0 radical (unpaired) electrons. The molecular formula is C15H26BrNOS. The molecule has 0 amide bonds. The van der Waals surface area contributed by atoms with Crippen molar-refractivity contribution in [3.8, 4) is 0 Å². The fourth-order valence-electron chi connectivity index (χ4n) is 2.37. The zero-order valence-electron chi connectivity index (χ0n) is 12.6. The van der Waals surface area contributed by atoms with E-state index in [2.05, 4.69) is 67.3 Å². The van der Waals surface area contributed by atoms with Crippen molar-refractivity contribution in [1.82, 2.24) is 5.32 Å². The summed E-state index contributed by atoms with van der Waals surface area (Å²) in [6, 6.07) is 2.47. The second kappa shape index (κ2) is 7.77. The molecule has 2 unspecified atom stereocenters. The number of nitrogens with one attached hydrogen (secondary N) is 1. The van der Waals surface area contributed by atoms with Crippen LogP contribution >= 0.6 is 27.3 Å². The summed E-state index contributed by atoms with van der Waals surface area (Å²) in [4.78, 5) is 1.39. The Bertz CT molecular complexity index is 372. The lowest BCUT2D eigenvalue weighted by atomic mass is 9.83. The summed E-state index contributed by atoms with van der Waals surface area (Å²) in [5.74, 6) is 0. The average Bonchev–Trinajstić information content (AvgIpc) is 2.70. The van der Waals surface area contributed by atoms with E-state index < -0.39 is 0 Å². The first kappa shape index (κ1) is 17.2. The fraction of sp³-hybridized carbons (Fsp3) is 0.733. The molecule has 0 aromatic carbocycles. The summed E-state index contributed by atoms with van der Waals surface area (Å²) in [5, 5.41) is 5.73. The van der Waals surface area contributed by atoms with Crippen LogP contribution in [0.5, 0.6) is 0 Å². The quantitative estimate of drug-likeness (QED) is 0.784. The number of hydrogen-bond donors (Lipinski definition) is 1. The van der Waals surface area contributed by atoms with Gasteiger partial charge in [-0.1, -0.05) is 27.7 Å². The lowest BCUT2D eigenvalue weighted by Crippen LogP contribution is -2.49. The minimum atomic E-state index is 0.132. The molecule has 0 aliphatic carbocycles. The fourth-order valence-corrected chi connectivity index (χ4v) is 3.94. The van der Waals surface area contributed by atoms with Crippen molar-refractivity contribution in [2.75, 3.05) is 13.2 Å². The first-order valence-corrected chi connectivity index (χ1v) is 8.64. The van der Waals surface area contributed by atoms with E-state index in [9.17, 15) is 0 Å². The number of rotatable bonds is 7. The van der Waals surface area contributed by atoms with Gasteiger partial charge >= 0.3 is 0 Å². The van der Waals surface area contributed by atoms with Gasteiger partial charge in [0.25, 0.3) is 0 Å². The Morgan fingerprint density at radius 2 is 2.05 bits per heavy atom. The second-order valence-corrected chi connectivity index (χ2v) is 7.66. The number of thiophene rings is 1. The highest BCUT2D eigenvalue weighted by Gasteiger charge is 2.33. The Hall–Kier alpha value is 0.1000. The van der Waals surface area contributed by atoms with Crippen molar-refractivity contribution in [2.45, 2.75) is 53.2 Å². The van der Waals surface area contributed by atoms with Crippen LogP contribution in [0.1, 0.15) is 39.5 Å². The summed E-state index contributed by atoms with van der Waals surface area (Å²) in [6.45, 7) is 12.7. The molecule has 0 saturated heterocycles. The van der Waals surface area contributed by atoms with Gasteiger partial charge in [-0.25, -0.2) is 0 Å². The predicted molar refractivity (Wildman–Crippen MR) is 88.1 cm³/mol. The third kappa shape index (κ3) is 5.18. The van der Waals surface area contributed by atoms with Gasteiger partial charge in [0, 0.05) is 28.4 Å².